The van der Waals surface area contributed by atoms with E-state index in [-0.39, 0.29) is 28.3 Å². The van der Waals surface area contributed by atoms with Crippen LogP contribution < -0.4 is 11.1 Å². The highest BCUT2D eigenvalue weighted by Gasteiger charge is 2.29. The molecule has 0 bridgehead atoms. The Labute approximate surface area is 112 Å². The third-order valence-corrected chi connectivity index (χ3v) is 2.46. The average Bonchev–Trinajstić information content (AvgIpc) is 2.11. The van der Waals surface area contributed by atoms with Gasteiger partial charge in [0.05, 0.1) is 4.92 Å². The van der Waals surface area contributed by atoms with E-state index in [9.17, 15) is 10.1 Å². The monoisotopic (exact) mass is 267 g/mol. The molecule has 1 aromatic rings. The van der Waals surface area contributed by atoms with Gasteiger partial charge in [0.2, 0.25) is 11.6 Å². The van der Waals surface area contributed by atoms with Gasteiger partial charge in [0.15, 0.2) is 0 Å². The molecular weight excluding hydrogens is 246 g/mol. The molecule has 0 unspecified atom stereocenters. The lowest BCUT2D eigenvalue weighted by Crippen LogP contribution is -2.36. The van der Waals surface area contributed by atoms with Crippen molar-refractivity contribution in [3.8, 4) is 0 Å². The van der Waals surface area contributed by atoms with E-state index < -0.39 is 4.92 Å². The SMILES string of the molecule is CC(C)(C)CC(C)(C)Nc1ncnc(N)c1[N+](=O)[O-]. The van der Waals surface area contributed by atoms with Crippen molar-refractivity contribution in [1.29, 1.82) is 0 Å². The van der Waals surface area contributed by atoms with E-state index in [0.717, 1.165) is 6.42 Å². The van der Waals surface area contributed by atoms with Gasteiger partial charge in [0, 0.05) is 5.54 Å². The molecule has 1 rings (SSSR count). The molecule has 0 saturated carbocycles. The van der Waals surface area contributed by atoms with E-state index in [1.807, 2.05) is 13.8 Å². The fourth-order valence-electron chi connectivity index (χ4n) is 2.35. The van der Waals surface area contributed by atoms with Crippen LogP contribution in [0.25, 0.3) is 0 Å². The Kier molecular flexibility index (Phi) is 3.97. The van der Waals surface area contributed by atoms with Gasteiger partial charge < -0.3 is 11.1 Å². The summed E-state index contributed by atoms with van der Waals surface area (Å²) in [4.78, 5) is 18.0. The summed E-state index contributed by atoms with van der Waals surface area (Å²) >= 11 is 0. The molecular formula is C12H21N5O2. The third-order valence-electron chi connectivity index (χ3n) is 2.46. The first-order chi connectivity index (χ1) is 8.52. The molecule has 7 heteroatoms. The van der Waals surface area contributed by atoms with Crippen molar-refractivity contribution >= 4 is 17.3 Å². The van der Waals surface area contributed by atoms with Gasteiger partial charge in [-0.15, -0.1) is 0 Å². The Morgan fingerprint density at radius 2 is 1.89 bits per heavy atom. The van der Waals surface area contributed by atoms with Crippen molar-refractivity contribution in [1.82, 2.24) is 9.97 Å². The fraction of sp³-hybridized carbons (Fsp3) is 0.667. The Hall–Kier alpha value is -1.92. The van der Waals surface area contributed by atoms with Gasteiger partial charge in [0.1, 0.15) is 6.33 Å². The lowest BCUT2D eigenvalue weighted by Gasteiger charge is -2.33. The quantitative estimate of drug-likeness (QED) is 0.641. The van der Waals surface area contributed by atoms with Gasteiger partial charge in [-0.2, -0.15) is 0 Å². The summed E-state index contributed by atoms with van der Waals surface area (Å²) in [5.74, 6) is 0.0285. The predicted octanol–water partition coefficient (Wildman–Crippen LogP) is 2.59. The number of nitrogen functional groups attached to an aromatic ring is 1. The molecule has 0 amide bonds. The van der Waals surface area contributed by atoms with E-state index >= 15 is 0 Å². The molecule has 0 fully saturated rings. The number of nitrogens with one attached hydrogen (secondary N) is 1. The Bertz CT molecular complexity index is 479. The molecule has 1 heterocycles. The number of nitrogens with zero attached hydrogens (tertiary/aromatic N) is 3. The highest BCUT2D eigenvalue weighted by atomic mass is 16.6. The fourth-order valence-corrected chi connectivity index (χ4v) is 2.35. The van der Waals surface area contributed by atoms with Gasteiger partial charge in [0.25, 0.3) is 0 Å². The van der Waals surface area contributed by atoms with E-state index in [2.05, 4.69) is 36.1 Å². The van der Waals surface area contributed by atoms with E-state index in [4.69, 9.17) is 5.73 Å². The molecule has 7 nitrogen and oxygen atoms in total. The number of nitro groups is 1. The van der Waals surface area contributed by atoms with Gasteiger partial charge in [-0.05, 0) is 25.7 Å². The van der Waals surface area contributed by atoms with Crippen LogP contribution in [-0.2, 0) is 0 Å². The largest absolute Gasteiger partial charge is 0.378 e. The number of aromatic nitrogens is 2. The summed E-state index contributed by atoms with van der Waals surface area (Å²) in [5.41, 5.74) is 5.01. The lowest BCUT2D eigenvalue weighted by molar-refractivity contribution is -0.383. The minimum Gasteiger partial charge on any atom is -0.378 e. The van der Waals surface area contributed by atoms with E-state index in [0.29, 0.717) is 0 Å². The molecule has 0 spiro atoms. The first kappa shape index (κ1) is 15.1. The highest BCUT2D eigenvalue weighted by Crippen LogP contribution is 2.33. The summed E-state index contributed by atoms with van der Waals surface area (Å²) in [6, 6.07) is 0. The zero-order chi connectivity index (χ0) is 14.8. The number of anilines is 2. The van der Waals surface area contributed by atoms with Crippen LogP contribution in [0.2, 0.25) is 0 Å². The topological polar surface area (TPSA) is 107 Å². The second kappa shape index (κ2) is 4.99. The maximum absolute atomic E-state index is 11.0. The van der Waals surface area contributed by atoms with Crippen LogP contribution in [0.3, 0.4) is 0 Å². The minimum absolute atomic E-state index is 0.0872. The van der Waals surface area contributed by atoms with Crippen molar-refractivity contribution in [2.24, 2.45) is 5.41 Å². The van der Waals surface area contributed by atoms with Gasteiger partial charge in [-0.1, -0.05) is 20.8 Å². The molecule has 0 aliphatic carbocycles. The third kappa shape index (κ3) is 4.35. The van der Waals surface area contributed by atoms with Crippen molar-refractivity contribution in [2.75, 3.05) is 11.1 Å². The Balaban J connectivity index is 3.06. The number of nitrogens with two attached hydrogens (primary N) is 1. The van der Waals surface area contributed by atoms with Crippen molar-refractivity contribution in [3.05, 3.63) is 16.4 Å². The molecule has 1 aromatic heterocycles. The molecule has 0 aliphatic heterocycles. The van der Waals surface area contributed by atoms with Crippen LogP contribution in [-0.4, -0.2) is 20.4 Å². The summed E-state index contributed by atoms with van der Waals surface area (Å²) < 4.78 is 0. The summed E-state index contributed by atoms with van der Waals surface area (Å²) in [7, 11) is 0. The molecule has 0 aliphatic rings. The van der Waals surface area contributed by atoms with E-state index in [1.165, 1.54) is 6.33 Å². The molecule has 0 atom stereocenters. The zero-order valence-corrected chi connectivity index (χ0v) is 12.0. The van der Waals surface area contributed by atoms with Crippen LogP contribution in [0.4, 0.5) is 17.3 Å². The first-order valence-electron chi connectivity index (χ1n) is 6.05. The van der Waals surface area contributed by atoms with Gasteiger partial charge >= 0.3 is 5.69 Å². The average molecular weight is 267 g/mol. The second-order valence-electron chi connectivity index (χ2n) is 6.46. The van der Waals surface area contributed by atoms with Crippen LogP contribution in [0.15, 0.2) is 6.33 Å². The maximum atomic E-state index is 11.0. The number of rotatable bonds is 4. The highest BCUT2D eigenvalue weighted by molar-refractivity contribution is 5.67. The Morgan fingerprint density at radius 1 is 1.32 bits per heavy atom. The van der Waals surface area contributed by atoms with Crippen molar-refractivity contribution in [3.63, 3.8) is 0 Å². The normalized spacial score (nSPS) is 12.3. The molecule has 0 aromatic carbocycles. The second-order valence-corrected chi connectivity index (χ2v) is 6.46. The standard InChI is InChI=1S/C12H21N5O2/c1-11(2,3)6-12(4,5)16-10-8(17(18)19)9(13)14-7-15-10/h7H,6H2,1-5H3,(H3,13,14,15,16). The predicted molar refractivity (Wildman–Crippen MR) is 74.9 cm³/mol. The van der Waals surface area contributed by atoms with Crippen LogP contribution >= 0.6 is 0 Å². The number of hydrogen-bond acceptors (Lipinski definition) is 6. The molecule has 3 N–H and O–H groups in total. The molecule has 19 heavy (non-hydrogen) atoms. The van der Waals surface area contributed by atoms with Gasteiger partial charge in [-0.25, -0.2) is 9.97 Å². The Morgan fingerprint density at radius 3 is 2.37 bits per heavy atom. The molecule has 0 saturated heterocycles. The van der Waals surface area contributed by atoms with Crippen LogP contribution in [0.1, 0.15) is 41.0 Å². The summed E-state index contributed by atoms with van der Waals surface area (Å²) in [6.45, 7) is 10.3. The zero-order valence-electron chi connectivity index (χ0n) is 12.0. The summed E-state index contributed by atoms with van der Waals surface area (Å²) in [6.07, 6.45) is 2.04. The lowest BCUT2D eigenvalue weighted by atomic mass is 9.82. The van der Waals surface area contributed by atoms with Crippen molar-refractivity contribution in [2.45, 2.75) is 46.6 Å². The van der Waals surface area contributed by atoms with Crippen LogP contribution in [0.5, 0.6) is 0 Å². The smallest absolute Gasteiger partial charge is 0.353 e. The molecule has 0 radical (unpaired) electrons. The van der Waals surface area contributed by atoms with E-state index in [1.54, 1.807) is 0 Å². The van der Waals surface area contributed by atoms with Crippen LogP contribution in [0, 0.1) is 15.5 Å². The van der Waals surface area contributed by atoms with Gasteiger partial charge in [-0.3, -0.25) is 10.1 Å². The minimum atomic E-state index is -0.565. The maximum Gasteiger partial charge on any atom is 0.353 e. The molecule has 106 valence electrons. The number of hydrogen-bond donors (Lipinski definition) is 2. The van der Waals surface area contributed by atoms with Crippen molar-refractivity contribution < 1.29 is 4.92 Å². The summed E-state index contributed by atoms with van der Waals surface area (Å²) in [5, 5.41) is 14.1. The first-order valence-corrected chi connectivity index (χ1v) is 6.05.